The third kappa shape index (κ3) is 3.65. The second-order valence-corrected chi connectivity index (χ2v) is 5.02. The van der Waals surface area contributed by atoms with Crippen LogP contribution in [-0.4, -0.2) is 42.0 Å². The van der Waals surface area contributed by atoms with Gasteiger partial charge < -0.3 is 15.2 Å². The summed E-state index contributed by atoms with van der Waals surface area (Å²) in [6, 6.07) is 1.73. The van der Waals surface area contributed by atoms with E-state index in [1.54, 1.807) is 18.5 Å². The van der Waals surface area contributed by atoms with Crippen molar-refractivity contribution in [2.24, 2.45) is 0 Å². The molecular weight excluding hydrogens is 246 g/mol. The fourth-order valence-electron chi connectivity index (χ4n) is 2.20. The molecule has 4 nitrogen and oxygen atoms in total. The maximum absolute atomic E-state index is 11.9. The molecule has 0 unspecified atom stereocenters. The van der Waals surface area contributed by atoms with E-state index in [1.807, 2.05) is 0 Å². The highest BCUT2D eigenvalue weighted by atomic mass is 32.1. The fourth-order valence-corrected chi connectivity index (χ4v) is 2.42. The van der Waals surface area contributed by atoms with Crippen LogP contribution in [0.1, 0.15) is 29.6 Å². The first kappa shape index (κ1) is 13.2. The van der Waals surface area contributed by atoms with Crippen LogP contribution >= 0.6 is 12.2 Å². The second kappa shape index (κ2) is 6.66. The SMILES string of the molecule is O=C(NCCN1CCCCC1)c1c[nH]ccc1=S. The largest absolute Gasteiger partial charge is 0.367 e. The van der Waals surface area contributed by atoms with Crippen molar-refractivity contribution in [3.8, 4) is 0 Å². The van der Waals surface area contributed by atoms with Gasteiger partial charge in [-0.15, -0.1) is 0 Å². The number of pyridine rings is 1. The average Bonchev–Trinajstić information content (AvgIpc) is 2.40. The van der Waals surface area contributed by atoms with Crippen molar-refractivity contribution in [3.63, 3.8) is 0 Å². The minimum absolute atomic E-state index is 0.0890. The van der Waals surface area contributed by atoms with Gasteiger partial charge in [0.2, 0.25) is 0 Å². The molecule has 1 aromatic rings. The molecule has 1 aliphatic rings. The number of nitrogens with zero attached hydrogens (tertiary/aromatic N) is 1. The van der Waals surface area contributed by atoms with Crippen LogP contribution in [0.4, 0.5) is 0 Å². The van der Waals surface area contributed by atoms with E-state index in [1.165, 1.54) is 19.3 Å². The van der Waals surface area contributed by atoms with Crippen molar-refractivity contribution in [2.45, 2.75) is 19.3 Å². The minimum atomic E-state index is -0.0890. The summed E-state index contributed by atoms with van der Waals surface area (Å²) < 4.78 is 0.587. The zero-order valence-corrected chi connectivity index (χ0v) is 11.3. The molecule has 0 atom stereocenters. The van der Waals surface area contributed by atoms with Crippen LogP contribution in [0.3, 0.4) is 0 Å². The van der Waals surface area contributed by atoms with Gasteiger partial charge in [-0.25, -0.2) is 0 Å². The van der Waals surface area contributed by atoms with E-state index in [-0.39, 0.29) is 5.91 Å². The molecule has 1 aliphatic heterocycles. The van der Waals surface area contributed by atoms with E-state index in [9.17, 15) is 4.79 Å². The van der Waals surface area contributed by atoms with Crippen molar-refractivity contribution < 1.29 is 4.79 Å². The highest BCUT2D eigenvalue weighted by Crippen LogP contribution is 2.07. The number of carbonyl (C=O) groups is 1. The molecule has 0 radical (unpaired) electrons. The molecule has 0 saturated carbocycles. The first-order valence-electron chi connectivity index (χ1n) is 6.45. The van der Waals surface area contributed by atoms with Crippen molar-refractivity contribution in [2.75, 3.05) is 26.2 Å². The Morgan fingerprint density at radius 1 is 1.39 bits per heavy atom. The Hall–Kier alpha value is -1.20. The summed E-state index contributed by atoms with van der Waals surface area (Å²) in [4.78, 5) is 17.2. The highest BCUT2D eigenvalue weighted by Gasteiger charge is 2.11. The first-order valence-corrected chi connectivity index (χ1v) is 6.86. The molecule has 1 fully saturated rings. The molecule has 98 valence electrons. The van der Waals surface area contributed by atoms with Gasteiger partial charge in [-0.05, 0) is 32.0 Å². The van der Waals surface area contributed by atoms with Crippen molar-refractivity contribution >= 4 is 18.1 Å². The number of aromatic amines is 1. The topological polar surface area (TPSA) is 48.1 Å². The molecule has 1 amide bonds. The maximum atomic E-state index is 11.9. The molecule has 5 heteroatoms. The molecule has 2 N–H and O–H groups in total. The number of H-pyrrole nitrogens is 1. The molecular formula is C13H19N3OS. The molecule has 18 heavy (non-hydrogen) atoms. The summed E-state index contributed by atoms with van der Waals surface area (Å²) in [6.45, 7) is 3.92. The Bertz CT molecular complexity index is 452. The molecule has 0 spiro atoms. The zero-order chi connectivity index (χ0) is 12.8. The lowest BCUT2D eigenvalue weighted by Crippen LogP contribution is -2.37. The minimum Gasteiger partial charge on any atom is -0.367 e. The van der Waals surface area contributed by atoms with Gasteiger partial charge in [0, 0.05) is 25.5 Å². The number of piperidine rings is 1. The van der Waals surface area contributed by atoms with E-state index < -0.39 is 0 Å². The fraction of sp³-hybridized carbons (Fsp3) is 0.538. The number of carbonyl (C=O) groups excluding carboxylic acids is 1. The quantitative estimate of drug-likeness (QED) is 0.818. The van der Waals surface area contributed by atoms with Gasteiger partial charge in [0.1, 0.15) is 0 Å². The van der Waals surface area contributed by atoms with Gasteiger partial charge in [0.25, 0.3) is 5.91 Å². The first-order chi connectivity index (χ1) is 8.77. The Morgan fingerprint density at radius 3 is 2.89 bits per heavy atom. The van der Waals surface area contributed by atoms with E-state index in [4.69, 9.17) is 12.2 Å². The summed E-state index contributed by atoms with van der Waals surface area (Å²) in [5.74, 6) is -0.0890. The van der Waals surface area contributed by atoms with Crippen LogP contribution in [-0.2, 0) is 0 Å². The van der Waals surface area contributed by atoms with Crippen LogP contribution in [0.5, 0.6) is 0 Å². The van der Waals surface area contributed by atoms with Crippen LogP contribution in [0.15, 0.2) is 18.5 Å². The summed E-state index contributed by atoms with van der Waals surface area (Å²) in [5.41, 5.74) is 0.547. The number of hydrogen-bond acceptors (Lipinski definition) is 3. The Morgan fingerprint density at radius 2 is 2.17 bits per heavy atom. The van der Waals surface area contributed by atoms with Gasteiger partial charge in [-0.3, -0.25) is 4.79 Å². The maximum Gasteiger partial charge on any atom is 0.254 e. The standard InChI is InChI=1S/C13H19N3OS/c17-13(11-10-14-5-4-12(11)18)15-6-9-16-7-2-1-3-8-16/h4-5,10H,1-3,6-9H2,(H,14,18)(H,15,17). The Balaban J connectivity index is 1.78. The van der Waals surface area contributed by atoms with Crippen molar-refractivity contribution in [3.05, 3.63) is 28.5 Å². The van der Waals surface area contributed by atoms with Gasteiger partial charge in [-0.1, -0.05) is 18.6 Å². The molecule has 1 aromatic heterocycles. The number of rotatable bonds is 4. The van der Waals surface area contributed by atoms with Crippen molar-refractivity contribution in [1.82, 2.24) is 15.2 Å². The van der Waals surface area contributed by atoms with Gasteiger partial charge in [0.15, 0.2) is 0 Å². The molecule has 2 rings (SSSR count). The zero-order valence-electron chi connectivity index (χ0n) is 10.4. The highest BCUT2D eigenvalue weighted by molar-refractivity contribution is 7.71. The number of hydrogen-bond donors (Lipinski definition) is 2. The van der Waals surface area contributed by atoms with E-state index in [0.717, 1.165) is 19.6 Å². The smallest absolute Gasteiger partial charge is 0.254 e. The van der Waals surface area contributed by atoms with E-state index in [0.29, 0.717) is 16.6 Å². The van der Waals surface area contributed by atoms with Gasteiger partial charge >= 0.3 is 0 Å². The molecule has 0 aromatic carbocycles. The summed E-state index contributed by atoms with van der Waals surface area (Å²) in [5, 5.41) is 2.92. The predicted molar refractivity (Wildman–Crippen MR) is 74.3 cm³/mol. The lowest BCUT2D eigenvalue weighted by atomic mass is 10.1. The Labute approximate surface area is 112 Å². The number of aromatic nitrogens is 1. The molecule has 0 bridgehead atoms. The van der Waals surface area contributed by atoms with Crippen LogP contribution in [0, 0.1) is 4.51 Å². The van der Waals surface area contributed by atoms with Crippen molar-refractivity contribution in [1.29, 1.82) is 0 Å². The third-order valence-electron chi connectivity index (χ3n) is 3.23. The van der Waals surface area contributed by atoms with Gasteiger partial charge in [-0.2, -0.15) is 0 Å². The number of likely N-dealkylation sites (tertiary alicyclic amines) is 1. The van der Waals surface area contributed by atoms with E-state index in [2.05, 4.69) is 15.2 Å². The molecule has 2 heterocycles. The normalized spacial score (nSPS) is 16.4. The van der Waals surface area contributed by atoms with Gasteiger partial charge in [0.05, 0.1) is 10.1 Å². The van der Waals surface area contributed by atoms with E-state index >= 15 is 0 Å². The average molecular weight is 265 g/mol. The monoisotopic (exact) mass is 265 g/mol. The van der Waals surface area contributed by atoms with Crippen LogP contribution in [0.2, 0.25) is 0 Å². The summed E-state index contributed by atoms with van der Waals surface area (Å²) in [6.07, 6.45) is 7.27. The third-order valence-corrected chi connectivity index (χ3v) is 3.59. The van der Waals surface area contributed by atoms with Crippen LogP contribution < -0.4 is 5.32 Å². The summed E-state index contributed by atoms with van der Waals surface area (Å²) in [7, 11) is 0. The van der Waals surface area contributed by atoms with Crippen LogP contribution in [0.25, 0.3) is 0 Å². The predicted octanol–water partition coefficient (Wildman–Crippen LogP) is 1.96. The molecule has 0 aliphatic carbocycles. The Kier molecular flexibility index (Phi) is 4.90. The second-order valence-electron chi connectivity index (χ2n) is 4.58. The summed E-state index contributed by atoms with van der Waals surface area (Å²) >= 11 is 5.11. The lowest BCUT2D eigenvalue weighted by Gasteiger charge is -2.26. The molecule has 1 saturated heterocycles. The lowest BCUT2D eigenvalue weighted by molar-refractivity contribution is 0.0946. The number of amides is 1. The number of nitrogens with one attached hydrogen (secondary N) is 2.